The molecule has 1 unspecified atom stereocenters. The van der Waals surface area contributed by atoms with Gasteiger partial charge in [0.15, 0.2) is 5.78 Å². The summed E-state index contributed by atoms with van der Waals surface area (Å²) < 4.78 is 14.9. The van der Waals surface area contributed by atoms with E-state index in [1.54, 1.807) is 42.9 Å². The third kappa shape index (κ3) is 5.70. The molecule has 0 bridgehead atoms. The third-order valence-corrected chi connectivity index (χ3v) is 6.18. The summed E-state index contributed by atoms with van der Waals surface area (Å²) >= 11 is 0. The maximum absolute atomic E-state index is 13.6. The lowest BCUT2D eigenvalue weighted by Crippen LogP contribution is -2.37. The molecule has 0 aliphatic rings. The van der Waals surface area contributed by atoms with Crippen molar-refractivity contribution in [3.8, 4) is 11.3 Å². The van der Waals surface area contributed by atoms with E-state index in [9.17, 15) is 18.8 Å². The molecule has 0 fully saturated rings. The van der Waals surface area contributed by atoms with Gasteiger partial charge in [-0.15, -0.1) is 0 Å². The summed E-state index contributed by atoms with van der Waals surface area (Å²) in [7, 11) is 1.66. The molecule has 2 N–H and O–H groups in total. The fraction of sp³-hybridized carbons (Fsp3) is 0.172. The van der Waals surface area contributed by atoms with Crippen LogP contribution in [0.2, 0.25) is 0 Å². The highest BCUT2D eigenvalue weighted by atomic mass is 19.1. The average molecular weight is 499 g/mol. The minimum absolute atomic E-state index is 0.116. The van der Waals surface area contributed by atoms with Crippen LogP contribution in [-0.2, 0) is 11.3 Å². The first kappa shape index (κ1) is 25.7. The van der Waals surface area contributed by atoms with Crippen molar-refractivity contribution in [2.24, 2.45) is 0 Å². The van der Waals surface area contributed by atoms with Gasteiger partial charge in [0.2, 0.25) is 5.91 Å². The molecule has 0 radical (unpaired) electrons. The molecular formula is C29H27FN4O3. The van der Waals surface area contributed by atoms with Crippen molar-refractivity contribution < 1.29 is 14.0 Å². The largest absolute Gasteiger partial charge is 0.320 e. The maximum atomic E-state index is 13.6. The van der Waals surface area contributed by atoms with E-state index in [-0.39, 0.29) is 29.5 Å². The number of carbonyl (C=O) groups excluding carboxylic acids is 2. The molecule has 8 heteroatoms. The van der Waals surface area contributed by atoms with Crippen molar-refractivity contribution in [2.45, 2.75) is 26.4 Å². The Morgan fingerprint density at radius 1 is 1.00 bits per heavy atom. The van der Waals surface area contributed by atoms with Crippen LogP contribution in [0.15, 0.2) is 83.9 Å². The molecule has 0 spiro atoms. The highest BCUT2D eigenvalue weighted by Gasteiger charge is 2.17. The van der Waals surface area contributed by atoms with Gasteiger partial charge in [-0.25, -0.2) is 4.39 Å². The monoisotopic (exact) mass is 498 g/mol. The maximum Gasteiger partial charge on any atom is 0.275 e. The molecule has 0 saturated carbocycles. The SMILES string of the molecule is CNC(C)C(=O)Nc1ccc(-c2ccccc2C)n(Cc2cncc(C(=O)c3ccc(F)cc3)c2)c1=O. The molecule has 1 atom stereocenters. The van der Waals surface area contributed by atoms with Crippen LogP contribution in [0.1, 0.15) is 34.0 Å². The van der Waals surface area contributed by atoms with Crippen LogP contribution >= 0.6 is 0 Å². The molecule has 188 valence electrons. The smallest absolute Gasteiger partial charge is 0.275 e. The minimum atomic E-state index is -0.484. The van der Waals surface area contributed by atoms with Crippen molar-refractivity contribution in [1.29, 1.82) is 0 Å². The molecule has 37 heavy (non-hydrogen) atoms. The van der Waals surface area contributed by atoms with Crippen LogP contribution < -0.4 is 16.2 Å². The van der Waals surface area contributed by atoms with Crippen LogP contribution in [0.4, 0.5) is 10.1 Å². The molecule has 1 amide bonds. The van der Waals surface area contributed by atoms with Gasteiger partial charge in [0.05, 0.1) is 18.3 Å². The summed E-state index contributed by atoms with van der Waals surface area (Å²) in [6, 6.07) is 17.6. The van der Waals surface area contributed by atoms with Crippen LogP contribution in [0.3, 0.4) is 0 Å². The van der Waals surface area contributed by atoms with Gasteiger partial charge in [0.1, 0.15) is 11.5 Å². The van der Waals surface area contributed by atoms with E-state index in [4.69, 9.17) is 0 Å². The van der Waals surface area contributed by atoms with Crippen LogP contribution in [-0.4, -0.2) is 34.3 Å². The van der Waals surface area contributed by atoms with Crippen LogP contribution in [0.25, 0.3) is 11.3 Å². The van der Waals surface area contributed by atoms with Gasteiger partial charge in [0.25, 0.3) is 5.56 Å². The summed E-state index contributed by atoms with van der Waals surface area (Å²) in [5.41, 5.74) is 3.56. The normalized spacial score (nSPS) is 11.7. The number of aryl methyl sites for hydroxylation is 1. The van der Waals surface area contributed by atoms with E-state index in [0.29, 0.717) is 22.4 Å². The number of anilines is 1. The standard InChI is InChI=1S/C29H27FN4O3/c1-18-6-4-5-7-24(18)26-13-12-25(33-28(36)19(2)31-3)29(37)34(26)17-20-14-22(16-32-15-20)27(35)21-8-10-23(30)11-9-21/h4-16,19,31H,17H2,1-3H3,(H,33,36). The molecule has 0 saturated heterocycles. The van der Waals surface area contributed by atoms with Gasteiger partial charge in [-0.3, -0.25) is 19.4 Å². The molecule has 2 aromatic carbocycles. The Labute approximate surface area is 214 Å². The fourth-order valence-corrected chi connectivity index (χ4v) is 3.95. The molecule has 2 aromatic heterocycles. The highest BCUT2D eigenvalue weighted by molar-refractivity contribution is 6.08. The predicted octanol–water partition coefficient (Wildman–Crippen LogP) is 4.18. The van der Waals surface area contributed by atoms with Gasteiger partial charge in [0, 0.05) is 29.1 Å². The lowest BCUT2D eigenvalue weighted by atomic mass is 10.0. The van der Waals surface area contributed by atoms with Gasteiger partial charge in [-0.1, -0.05) is 24.3 Å². The quantitative estimate of drug-likeness (QED) is 0.356. The molecule has 2 heterocycles. The van der Waals surface area contributed by atoms with Crippen molar-refractivity contribution in [3.63, 3.8) is 0 Å². The van der Waals surface area contributed by atoms with E-state index in [2.05, 4.69) is 15.6 Å². The number of ketones is 1. The Morgan fingerprint density at radius 3 is 2.43 bits per heavy atom. The van der Waals surface area contributed by atoms with Crippen molar-refractivity contribution in [2.75, 3.05) is 12.4 Å². The molecule has 7 nitrogen and oxygen atoms in total. The zero-order valence-electron chi connectivity index (χ0n) is 20.8. The molecule has 0 aliphatic heterocycles. The fourth-order valence-electron chi connectivity index (χ4n) is 3.95. The van der Waals surface area contributed by atoms with E-state index < -0.39 is 11.9 Å². The van der Waals surface area contributed by atoms with E-state index in [0.717, 1.165) is 11.1 Å². The number of likely N-dealkylation sites (N-methyl/N-ethyl adjacent to an activating group) is 1. The van der Waals surface area contributed by atoms with Crippen LogP contribution in [0, 0.1) is 12.7 Å². The Morgan fingerprint density at radius 2 is 1.73 bits per heavy atom. The van der Waals surface area contributed by atoms with Crippen molar-refractivity contribution >= 4 is 17.4 Å². The number of nitrogens with one attached hydrogen (secondary N) is 2. The number of benzene rings is 2. The molecular weight excluding hydrogens is 471 g/mol. The second kappa shape index (κ2) is 11.1. The lowest BCUT2D eigenvalue weighted by Gasteiger charge is -2.18. The Hall–Kier alpha value is -4.43. The lowest BCUT2D eigenvalue weighted by molar-refractivity contribution is -0.117. The van der Waals surface area contributed by atoms with Crippen LogP contribution in [0.5, 0.6) is 0 Å². The zero-order valence-corrected chi connectivity index (χ0v) is 20.8. The first-order valence-corrected chi connectivity index (χ1v) is 11.8. The van der Waals surface area contributed by atoms with Gasteiger partial charge in [-0.2, -0.15) is 0 Å². The first-order valence-electron chi connectivity index (χ1n) is 11.8. The number of hydrogen-bond donors (Lipinski definition) is 2. The Kier molecular flexibility index (Phi) is 7.69. The van der Waals surface area contributed by atoms with Gasteiger partial charge >= 0.3 is 0 Å². The number of amides is 1. The molecule has 0 aliphatic carbocycles. The highest BCUT2D eigenvalue weighted by Crippen LogP contribution is 2.24. The summed E-state index contributed by atoms with van der Waals surface area (Å²) in [5, 5.41) is 5.56. The zero-order chi connectivity index (χ0) is 26.5. The number of aromatic nitrogens is 2. The summed E-state index contributed by atoms with van der Waals surface area (Å²) in [4.78, 5) is 43.2. The van der Waals surface area contributed by atoms with E-state index in [1.165, 1.54) is 30.5 Å². The van der Waals surface area contributed by atoms with Crippen molar-refractivity contribution in [3.05, 3.63) is 118 Å². The summed E-state index contributed by atoms with van der Waals surface area (Å²) in [6.45, 7) is 3.77. The second-order valence-corrected chi connectivity index (χ2v) is 8.76. The van der Waals surface area contributed by atoms with E-state index >= 15 is 0 Å². The number of halogens is 1. The minimum Gasteiger partial charge on any atom is -0.320 e. The number of carbonyl (C=O) groups is 2. The number of hydrogen-bond acceptors (Lipinski definition) is 5. The number of pyridine rings is 2. The van der Waals surface area contributed by atoms with Gasteiger partial charge in [-0.05, 0) is 74.5 Å². The van der Waals surface area contributed by atoms with Gasteiger partial charge < -0.3 is 15.2 Å². The molecule has 4 rings (SSSR count). The van der Waals surface area contributed by atoms with Crippen molar-refractivity contribution in [1.82, 2.24) is 14.9 Å². The number of rotatable bonds is 8. The Balaban J connectivity index is 1.76. The van der Waals surface area contributed by atoms with E-state index in [1.807, 2.05) is 31.2 Å². The summed E-state index contributed by atoms with van der Waals surface area (Å²) in [6.07, 6.45) is 3.03. The summed E-state index contributed by atoms with van der Waals surface area (Å²) in [5.74, 6) is -1.06. The average Bonchev–Trinajstić information content (AvgIpc) is 2.91. The number of nitrogens with zero attached hydrogens (tertiary/aromatic N) is 2. The Bertz CT molecular complexity index is 1510. The topological polar surface area (TPSA) is 93.1 Å². The first-order chi connectivity index (χ1) is 17.8. The second-order valence-electron chi connectivity index (χ2n) is 8.76. The predicted molar refractivity (Wildman–Crippen MR) is 141 cm³/mol. The molecule has 4 aromatic rings. The third-order valence-electron chi connectivity index (χ3n) is 6.18.